The molecule has 1 saturated heterocycles. The van der Waals surface area contributed by atoms with Crippen molar-refractivity contribution in [3.05, 3.63) is 39.4 Å². The SMILES string of the molecule is CCOC(=O)c1cn(C2CC2)c2c(CO)c(N3CC[C@@H](NC(=O)C(F)(F)F)[C@H]3CO)c(F)cc2c1=O. The Hall–Kier alpha value is -3.19. The van der Waals surface area contributed by atoms with E-state index in [1.54, 1.807) is 11.5 Å². The Bertz CT molecular complexity index is 1260. The summed E-state index contributed by atoms with van der Waals surface area (Å²) < 4.78 is 60.4. The molecule has 1 amide bonds. The number of aromatic nitrogens is 1. The molecular formula is C23H25F4N3O6. The van der Waals surface area contributed by atoms with E-state index in [1.165, 1.54) is 11.1 Å². The van der Waals surface area contributed by atoms with Crippen LogP contribution >= 0.6 is 0 Å². The molecule has 2 aromatic rings. The highest BCUT2D eigenvalue weighted by atomic mass is 19.4. The number of fused-ring (bicyclic) bond motifs is 1. The number of hydrogen-bond acceptors (Lipinski definition) is 7. The molecule has 2 aliphatic rings. The monoisotopic (exact) mass is 515 g/mol. The number of nitrogens with one attached hydrogen (secondary N) is 1. The molecule has 196 valence electrons. The van der Waals surface area contributed by atoms with Crippen molar-refractivity contribution in [1.82, 2.24) is 9.88 Å². The number of ether oxygens (including phenoxy) is 1. The number of esters is 1. The van der Waals surface area contributed by atoms with Gasteiger partial charge in [-0.2, -0.15) is 13.2 Å². The van der Waals surface area contributed by atoms with E-state index in [0.29, 0.717) is 12.8 Å². The van der Waals surface area contributed by atoms with Gasteiger partial charge >= 0.3 is 18.1 Å². The van der Waals surface area contributed by atoms with E-state index in [9.17, 15) is 37.8 Å². The molecule has 2 atom stereocenters. The van der Waals surface area contributed by atoms with Crippen molar-refractivity contribution < 1.29 is 42.1 Å². The number of hydrogen-bond donors (Lipinski definition) is 3. The molecule has 2 fully saturated rings. The lowest BCUT2D eigenvalue weighted by atomic mass is 10.0. The van der Waals surface area contributed by atoms with Crippen molar-refractivity contribution in [1.29, 1.82) is 0 Å². The van der Waals surface area contributed by atoms with Crippen LogP contribution in [0.5, 0.6) is 0 Å². The van der Waals surface area contributed by atoms with Gasteiger partial charge < -0.3 is 29.7 Å². The lowest BCUT2D eigenvalue weighted by Gasteiger charge is -2.31. The zero-order valence-corrected chi connectivity index (χ0v) is 19.3. The summed E-state index contributed by atoms with van der Waals surface area (Å²) in [6, 6.07) is -1.45. The fourth-order valence-electron chi connectivity index (χ4n) is 4.79. The smallest absolute Gasteiger partial charge is 0.462 e. The number of anilines is 1. The quantitative estimate of drug-likeness (QED) is 0.380. The van der Waals surface area contributed by atoms with Crippen molar-refractivity contribution in [3.63, 3.8) is 0 Å². The highest BCUT2D eigenvalue weighted by Crippen LogP contribution is 2.41. The van der Waals surface area contributed by atoms with Crippen LogP contribution in [0.3, 0.4) is 0 Å². The molecular weight excluding hydrogens is 490 g/mol. The van der Waals surface area contributed by atoms with Crippen LogP contribution in [0.25, 0.3) is 10.9 Å². The fraction of sp³-hybridized carbons (Fsp3) is 0.522. The highest BCUT2D eigenvalue weighted by Gasteiger charge is 2.44. The number of alkyl halides is 3. The fourth-order valence-corrected chi connectivity index (χ4v) is 4.79. The predicted octanol–water partition coefficient (Wildman–Crippen LogP) is 1.76. The average Bonchev–Trinajstić information content (AvgIpc) is 3.59. The van der Waals surface area contributed by atoms with Gasteiger partial charge in [-0.25, -0.2) is 9.18 Å². The summed E-state index contributed by atoms with van der Waals surface area (Å²) in [5, 5.41) is 21.9. The van der Waals surface area contributed by atoms with Gasteiger partial charge in [-0.3, -0.25) is 9.59 Å². The van der Waals surface area contributed by atoms with Gasteiger partial charge in [0.05, 0.1) is 43.1 Å². The van der Waals surface area contributed by atoms with Crippen molar-refractivity contribution in [2.45, 2.75) is 57.1 Å². The van der Waals surface area contributed by atoms with E-state index in [1.807, 2.05) is 5.32 Å². The van der Waals surface area contributed by atoms with Gasteiger partial charge in [-0.05, 0) is 32.3 Å². The summed E-state index contributed by atoms with van der Waals surface area (Å²) in [7, 11) is 0. The molecule has 1 aliphatic carbocycles. The Balaban J connectivity index is 1.86. The maximum absolute atomic E-state index is 15.6. The number of carbonyl (C=O) groups excluding carboxylic acids is 2. The Morgan fingerprint density at radius 2 is 1.92 bits per heavy atom. The zero-order valence-electron chi connectivity index (χ0n) is 19.3. The maximum atomic E-state index is 15.6. The second kappa shape index (κ2) is 9.69. The average molecular weight is 515 g/mol. The van der Waals surface area contributed by atoms with E-state index in [2.05, 4.69) is 0 Å². The zero-order chi connectivity index (χ0) is 26.4. The van der Waals surface area contributed by atoms with Gasteiger partial charge in [0.2, 0.25) is 5.43 Å². The molecule has 13 heteroatoms. The molecule has 0 unspecified atom stereocenters. The van der Waals surface area contributed by atoms with Gasteiger partial charge in [0.15, 0.2) is 0 Å². The predicted molar refractivity (Wildman–Crippen MR) is 119 cm³/mol. The molecule has 0 radical (unpaired) electrons. The number of amides is 1. The van der Waals surface area contributed by atoms with Crippen LogP contribution < -0.4 is 15.6 Å². The minimum atomic E-state index is -5.13. The maximum Gasteiger partial charge on any atom is 0.471 e. The number of halogens is 4. The normalized spacial score (nSPS) is 20.1. The van der Waals surface area contributed by atoms with Crippen LogP contribution in [0.15, 0.2) is 17.1 Å². The summed E-state index contributed by atoms with van der Waals surface area (Å²) in [5.41, 5.74) is -1.07. The number of rotatable bonds is 7. The van der Waals surface area contributed by atoms with Crippen molar-refractivity contribution in [3.8, 4) is 0 Å². The number of aliphatic hydroxyl groups is 2. The van der Waals surface area contributed by atoms with Gasteiger partial charge in [0.25, 0.3) is 0 Å². The van der Waals surface area contributed by atoms with Crippen molar-refractivity contribution >= 4 is 28.5 Å². The van der Waals surface area contributed by atoms with E-state index < -0.39 is 54.6 Å². The summed E-state index contributed by atoms with van der Waals surface area (Å²) >= 11 is 0. The lowest BCUT2D eigenvalue weighted by molar-refractivity contribution is -0.174. The third-order valence-electron chi connectivity index (χ3n) is 6.53. The van der Waals surface area contributed by atoms with E-state index in [0.717, 1.165) is 6.07 Å². The summed E-state index contributed by atoms with van der Waals surface area (Å²) in [4.78, 5) is 38.2. The van der Waals surface area contributed by atoms with Gasteiger partial charge in [0, 0.05) is 29.7 Å². The Morgan fingerprint density at radius 1 is 1.22 bits per heavy atom. The molecule has 3 N–H and O–H groups in total. The van der Waals surface area contributed by atoms with Crippen LogP contribution in [-0.2, 0) is 16.1 Å². The van der Waals surface area contributed by atoms with E-state index in [-0.39, 0.29) is 53.3 Å². The van der Waals surface area contributed by atoms with Gasteiger partial charge in [-0.1, -0.05) is 0 Å². The van der Waals surface area contributed by atoms with Crippen LogP contribution in [-0.4, -0.2) is 64.7 Å². The van der Waals surface area contributed by atoms with Crippen LogP contribution in [0.4, 0.5) is 23.2 Å². The second-order valence-corrected chi connectivity index (χ2v) is 8.78. The molecule has 2 heterocycles. The number of carbonyl (C=O) groups is 2. The number of benzene rings is 1. The molecule has 1 aromatic carbocycles. The summed E-state index contributed by atoms with van der Waals surface area (Å²) in [6.45, 7) is 0.133. The third-order valence-corrected chi connectivity index (χ3v) is 6.53. The van der Waals surface area contributed by atoms with Crippen LogP contribution in [0.2, 0.25) is 0 Å². The molecule has 0 spiro atoms. The minimum absolute atomic E-state index is 0.00865. The van der Waals surface area contributed by atoms with E-state index in [4.69, 9.17) is 4.74 Å². The largest absolute Gasteiger partial charge is 0.471 e. The molecule has 0 bridgehead atoms. The molecule has 36 heavy (non-hydrogen) atoms. The van der Waals surface area contributed by atoms with E-state index >= 15 is 4.39 Å². The lowest BCUT2D eigenvalue weighted by Crippen LogP contribution is -2.50. The van der Waals surface area contributed by atoms with Gasteiger partial charge in [0.1, 0.15) is 11.4 Å². The van der Waals surface area contributed by atoms with Crippen molar-refractivity contribution in [2.24, 2.45) is 0 Å². The first-order valence-electron chi connectivity index (χ1n) is 11.5. The molecule has 1 aromatic heterocycles. The molecule has 1 aliphatic heterocycles. The second-order valence-electron chi connectivity index (χ2n) is 8.78. The first-order chi connectivity index (χ1) is 17.0. The topological polar surface area (TPSA) is 121 Å². The minimum Gasteiger partial charge on any atom is -0.462 e. The standard InChI is InChI=1S/C23H25F4N3O6/c1-2-36-21(34)13-8-30(11-3-4-11)18-12(20(13)33)7-15(24)19(14(18)9-31)29-6-5-16(17(29)10-32)28-22(35)23(25,26)27/h7-8,11,16-17,31-32H,2-6,9-10H2,1H3,(H,28,35)/t16-,17-/m1/s1. The number of pyridine rings is 1. The Kier molecular flexibility index (Phi) is 6.97. The summed E-state index contributed by atoms with van der Waals surface area (Å²) in [5.74, 6) is -4.01. The first kappa shape index (κ1) is 25.9. The Morgan fingerprint density at radius 3 is 2.47 bits per heavy atom. The number of nitrogens with zero attached hydrogens (tertiary/aromatic N) is 2. The molecule has 1 saturated carbocycles. The Labute approximate surface area is 202 Å². The van der Waals surface area contributed by atoms with Crippen molar-refractivity contribution in [2.75, 3.05) is 24.7 Å². The third kappa shape index (κ3) is 4.52. The summed E-state index contributed by atoms with van der Waals surface area (Å²) in [6.07, 6.45) is -2.40. The van der Waals surface area contributed by atoms with Crippen LogP contribution in [0.1, 0.15) is 48.1 Å². The highest BCUT2D eigenvalue weighted by molar-refractivity contribution is 5.96. The van der Waals surface area contributed by atoms with Gasteiger partial charge in [-0.15, -0.1) is 0 Å². The van der Waals surface area contributed by atoms with Crippen LogP contribution in [0, 0.1) is 5.82 Å². The molecule has 4 rings (SSSR count). The number of aliphatic hydroxyl groups excluding tert-OH is 2. The molecule has 9 nitrogen and oxygen atoms in total. The first-order valence-corrected chi connectivity index (χ1v) is 11.5.